The Morgan fingerprint density at radius 3 is 2.95 bits per heavy atom. The van der Waals surface area contributed by atoms with Crippen molar-refractivity contribution < 1.29 is 8.42 Å². The summed E-state index contributed by atoms with van der Waals surface area (Å²) in [5.41, 5.74) is 6.35. The Bertz CT molecular complexity index is 642. The van der Waals surface area contributed by atoms with Crippen LogP contribution in [0.2, 0.25) is 0 Å². The summed E-state index contributed by atoms with van der Waals surface area (Å²) in [6, 6.07) is 7.40. The van der Waals surface area contributed by atoms with Gasteiger partial charge in [-0.25, -0.2) is 18.1 Å². The SMILES string of the molecule is Nc1cccc(SCCS(=O)(=O)NCc2nccs2)c1. The number of hydrogen-bond donors (Lipinski definition) is 2. The first-order valence-corrected chi connectivity index (χ1v) is 9.41. The quantitative estimate of drug-likeness (QED) is 0.599. The summed E-state index contributed by atoms with van der Waals surface area (Å²) in [5, 5.41) is 2.58. The van der Waals surface area contributed by atoms with Crippen molar-refractivity contribution in [1.82, 2.24) is 9.71 Å². The van der Waals surface area contributed by atoms with Crippen molar-refractivity contribution in [3.63, 3.8) is 0 Å². The summed E-state index contributed by atoms with van der Waals surface area (Å²) in [7, 11) is -3.27. The maximum absolute atomic E-state index is 11.8. The monoisotopic (exact) mass is 329 g/mol. The van der Waals surface area contributed by atoms with Crippen LogP contribution in [0.4, 0.5) is 5.69 Å². The molecule has 20 heavy (non-hydrogen) atoms. The lowest BCUT2D eigenvalue weighted by atomic mass is 10.3. The molecule has 0 spiro atoms. The molecule has 0 aliphatic rings. The second-order valence-electron chi connectivity index (χ2n) is 3.99. The average Bonchev–Trinajstić information content (AvgIpc) is 2.89. The van der Waals surface area contributed by atoms with Gasteiger partial charge in [-0.05, 0) is 18.2 Å². The Hall–Kier alpha value is -1.09. The third kappa shape index (κ3) is 5.12. The number of nitrogens with one attached hydrogen (secondary N) is 1. The first kappa shape index (κ1) is 15.3. The van der Waals surface area contributed by atoms with Crippen LogP contribution in [-0.4, -0.2) is 24.9 Å². The fourth-order valence-corrected chi connectivity index (χ4v) is 4.45. The predicted molar refractivity (Wildman–Crippen MR) is 84.3 cm³/mol. The average molecular weight is 329 g/mol. The van der Waals surface area contributed by atoms with Crippen molar-refractivity contribution in [2.45, 2.75) is 11.4 Å². The van der Waals surface area contributed by atoms with Gasteiger partial charge in [-0.2, -0.15) is 0 Å². The van der Waals surface area contributed by atoms with E-state index in [2.05, 4.69) is 9.71 Å². The fraction of sp³-hybridized carbons (Fsp3) is 0.250. The Balaban J connectivity index is 1.77. The molecule has 1 aromatic carbocycles. The molecule has 0 amide bonds. The highest BCUT2D eigenvalue weighted by Gasteiger charge is 2.10. The van der Waals surface area contributed by atoms with Crippen molar-refractivity contribution in [1.29, 1.82) is 0 Å². The van der Waals surface area contributed by atoms with Crippen LogP contribution in [0.25, 0.3) is 0 Å². The molecule has 2 aromatic rings. The van der Waals surface area contributed by atoms with Gasteiger partial charge in [0.15, 0.2) is 0 Å². The van der Waals surface area contributed by atoms with Crippen LogP contribution < -0.4 is 10.5 Å². The van der Waals surface area contributed by atoms with Crippen molar-refractivity contribution in [3.05, 3.63) is 40.8 Å². The first-order chi connectivity index (χ1) is 9.55. The topological polar surface area (TPSA) is 85.1 Å². The molecule has 0 saturated carbocycles. The van der Waals surface area contributed by atoms with Gasteiger partial charge in [-0.3, -0.25) is 0 Å². The number of hydrogen-bond acceptors (Lipinski definition) is 6. The van der Waals surface area contributed by atoms with E-state index < -0.39 is 10.0 Å². The number of benzene rings is 1. The van der Waals surface area contributed by atoms with Crippen molar-refractivity contribution in [2.75, 3.05) is 17.2 Å². The van der Waals surface area contributed by atoms with Gasteiger partial charge in [-0.1, -0.05) is 6.07 Å². The molecule has 108 valence electrons. The summed E-state index contributed by atoms with van der Waals surface area (Å²) in [4.78, 5) is 5.00. The van der Waals surface area contributed by atoms with Crippen LogP contribution in [0, 0.1) is 0 Å². The molecular weight excluding hydrogens is 314 g/mol. The zero-order valence-corrected chi connectivity index (χ0v) is 13.1. The molecule has 0 atom stereocenters. The molecule has 5 nitrogen and oxygen atoms in total. The molecule has 0 aliphatic carbocycles. The standard InChI is InChI=1S/C12H15N3O2S3/c13-10-2-1-3-11(8-10)18-6-7-20(16,17)15-9-12-14-4-5-19-12/h1-5,8,15H,6-7,9,13H2. The van der Waals surface area contributed by atoms with Crippen LogP contribution in [0.1, 0.15) is 5.01 Å². The van der Waals surface area contributed by atoms with E-state index >= 15 is 0 Å². The number of nitrogens with two attached hydrogens (primary N) is 1. The van der Waals surface area contributed by atoms with Crippen molar-refractivity contribution in [2.24, 2.45) is 0 Å². The molecule has 0 radical (unpaired) electrons. The third-order valence-corrected chi connectivity index (χ3v) is 5.76. The minimum Gasteiger partial charge on any atom is -0.399 e. The third-order valence-electron chi connectivity index (χ3n) is 2.41. The zero-order chi connectivity index (χ0) is 14.4. The lowest BCUT2D eigenvalue weighted by molar-refractivity contribution is 0.583. The Morgan fingerprint density at radius 2 is 2.25 bits per heavy atom. The van der Waals surface area contributed by atoms with E-state index in [1.165, 1.54) is 23.1 Å². The van der Waals surface area contributed by atoms with Crippen molar-refractivity contribution >= 4 is 38.8 Å². The molecule has 0 saturated heterocycles. The Morgan fingerprint density at radius 1 is 1.40 bits per heavy atom. The Kier molecular flexibility index (Phi) is 5.41. The maximum atomic E-state index is 11.8. The lowest BCUT2D eigenvalue weighted by Crippen LogP contribution is -2.26. The fourth-order valence-electron chi connectivity index (χ4n) is 1.46. The van der Waals surface area contributed by atoms with Gasteiger partial charge < -0.3 is 5.73 Å². The molecule has 0 unspecified atom stereocenters. The van der Waals surface area contributed by atoms with Crippen molar-refractivity contribution in [3.8, 4) is 0 Å². The summed E-state index contributed by atoms with van der Waals surface area (Å²) < 4.78 is 26.2. The van der Waals surface area contributed by atoms with Gasteiger partial charge in [0.2, 0.25) is 10.0 Å². The Labute approximate surface area is 126 Å². The highest BCUT2D eigenvalue weighted by atomic mass is 32.2. The number of nitrogen functional groups attached to an aromatic ring is 1. The van der Waals surface area contributed by atoms with Gasteiger partial charge in [0, 0.05) is 27.9 Å². The minimum atomic E-state index is -3.27. The smallest absolute Gasteiger partial charge is 0.212 e. The molecule has 1 heterocycles. The number of nitrogens with zero attached hydrogens (tertiary/aromatic N) is 1. The first-order valence-electron chi connectivity index (χ1n) is 5.89. The summed E-state index contributed by atoms with van der Waals surface area (Å²) in [6.07, 6.45) is 1.66. The molecular formula is C12H15N3O2S3. The van der Waals surface area contributed by atoms with E-state index in [0.29, 0.717) is 11.4 Å². The van der Waals surface area contributed by atoms with Crippen LogP contribution >= 0.6 is 23.1 Å². The van der Waals surface area contributed by atoms with E-state index in [1.54, 1.807) is 12.3 Å². The van der Waals surface area contributed by atoms with Gasteiger partial charge in [0.1, 0.15) is 5.01 Å². The number of rotatable bonds is 7. The van der Waals surface area contributed by atoms with Gasteiger partial charge in [0.25, 0.3) is 0 Å². The van der Waals surface area contributed by atoms with E-state index in [-0.39, 0.29) is 12.3 Å². The second-order valence-corrected chi connectivity index (χ2v) is 8.06. The summed E-state index contributed by atoms with van der Waals surface area (Å²) in [6.45, 7) is 0.253. The zero-order valence-electron chi connectivity index (χ0n) is 10.7. The number of aromatic nitrogens is 1. The maximum Gasteiger partial charge on any atom is 0.212 e. The predicted octanol–water partition coefficient (Wildman–Crippen LogP) is 1.94. The summed E-state index contributed by atoms with van der Waals surface area (Å²) >= 11 is 2.90. The molecule has 8 heteroatoms. The van der Waals surface area contributed by atoms with E-state index in [1.807, 2.05) is 23.6 Å². The van der Waals surface area contributed by atoms with Crippen LogP contribution in [0.5, 0.6) is 0 Å². The van der Waals surface area contributed by atoms with Gasteiger partial charge in [-0.15, -0.1) is 23.1 Å². The van der Waals surface area contributed by atoms with Crippen LogP contribution in [0.15, 0.2) is 40.7 Å². The largest absolute Gasteiger partial charge is 0.399 e. The molecule has 1 aromatic heterocycles. The molecule has 0 bridgehead atoms. The van der Waals surface area contributed by atoms with Crippen LogP contribution in [-0.2, 0) is 16.6 Å². The van der Waals surface area contributed by atoms with E-state index in [4.69, 9.17) is 5.73 Å². The molecule has 0 aliphatic heterocycles. The summed E-state index contributed by atoms with van der Waals surface area (Å²) in [5.74, 6) is 0.550. The second kappa shape index (κ2) is 7.07. The normalized spacial score (nSPS) is 11.6. The minimum absolute atomic E-state index is 0.0673. The highest BCUT2D eigenvalue weighted by molar-refractivity contribution is 8.00. The van der Waals surface area contributed by atoms with Gasteiger partial charge >= 0.3 is 0 Å². The molecule has 3 N–H and O–H groups in total. The molecule has 2 rings (SSSR count). The van der Waals surface area contributed by atoms with Crippen LogP contribution in [0.3, 0.4) is 0 Å². The van der Waals surface area contributed by atoms with E-state index in [0.717, 1.165) is 9.90 Å². The number of thioether (sulfide) groups is 1. The lowest BCUT2D eigenvalue weighted by Gasteiger charge is -2.05. The highest BCUT2D eigenvalue weighted by Crippen LogP contribution is 2.20. The molecule has 0 fully saturated rings. The van der Waals surface area contributed by atoms with Gasteiger partial charge in [0.05, 0.1) is 12.3 Å². The number of sulfonamides is 1. The van der Waals surface area contributed by atoms with E-state index in [9.17, 15) is 8.42 Å². The number of thiazole rings is 1. The number of anilines is 1.